The Morgan fingerprint density at radius 1 is 1.33 bits per heavy atom. The van der Waals surface area contributed by atoms with Gasteiger partial charge in [-0.25, -0.2) is 0 Å². The van der Waals surface area contributed by atoms with Crippen LogP contribution in [0.2, 0.25) is 5.02 Å². The van der Waals surface area contributed by atoms with Gasteiger partial charge in [-0.1, -0.05) is 23.7 Å². The zero-order chi connectivity index (χ0) is 13.4. The van der Waals surface area contributed by atoms with Crippen LogP contribution in [0.25, 0.3) is 0 Å². The summed E-state index contributed by atoms with van der Waals surface area (Å²) in [6.07, 6.45) is 0.355. The first kappa shape index (κ1) is 14.7. The van der Waals surface area contributed by atoms with Crippen molar-refractivity contribution in [1.82, 2.24) is 5.32 Å². The summed E-state index contributed by atoms with van der Waals surface area (Å²) in [6.45, 7) is 0.925. The number of halogens is 1. The number of carbonyl (C=O) groups is 2. The zero-order valence-corrected chi connectivity index (χ0v) is 11.0. The highest BCUT2D eigenvalue weighted by atomic mass is 35.5. The Morgan fingerprint density at radius 2 is 2.11 bits per heavy atom. The summed E-state index contributed by atoms with van der Waals surface area (Å²) in [4.78, 5) is 23.1. The quantitative estimate of drug-likeness (QED) is 0.609. The van der Waals surface area contributed by atoms with E-state index >= 15 is 0 Å². The fraction of sp³-hybridized carbons (Fsp3) is 0.385. The van der Waals surface area contributed by atoms with Crippen molar-refractivity contribution in [2.24, 2.45) is 0 Å². The third-order valence-electron chi connectivity index (χ3n) is 2.35. The number of ether oxygens (including phenoxy) is 1. The Labute approximate surface area is 111 Å². The van der Waals surface area contributed by atoms with Crippen molar-refractivity contribution in [3.05, 3.63) is 34.9 Å². The molecule has 5 heteroatoms. The van der Waals surface area contributed by atoms with Gasteiger partial charge in [-0.3, -0.25) is 9.59 Å². The predicted octanol–water partition coefficient (Wildman–Crippen LogP) is 2.07. The number of amides is 1. The number of ketones is 1. The second-order valence-electron chi connectivity index (χ2n) is 3.78. The van der Waals surface area contributed by atoms with Gasteiger partial charge in [0.1, 0.15) is 0 Å². The Bertz CT molecular complexity index is 420. The van der Waals surface area contributed by atoms with E-state index in [9.17, 15) is 9.59 Å². The van der Waals surface area contributed by atoms with Crippen LogP contribution in [0.4, 0.5) is 0 Å². The average molecular weight is 270 g/mol. The van der Waals surface area contributed by atoms with Crippen molar-refractivity contribution >= 4 is 23.3 Å². The molecule has 4 nitrogen and oxygen atoms in total. The van der Waals surface area contributed by atoms with E-state index < -0.39 is 0 Å². The van der Waals surface area contributed by atoms with Gasteiger partial charge in [-0.2, -0.15) is 0 Å². The molecule has 1 N–H and O–H groups in total. The van der Waals surface area contributed by atoms with Gasteiger partial charge in [0.05, 0.1) is 6.61 Å². The summed E-state index contributed by atoms with van der Waals surface area (Å²) in [5.74, 6) is -0.234. The van der Waals surface area contributed by atoms with Crippen molar-refractivity contribution in [2.75, 3.05) is 20.3 Å². The Balaban J connectivity index is 2.35. The smallest absolute Gasteiger partial charge is 0.220 e. The third-order valence-corrected chi connectivity index (χ3v) is 2.59. The molecule has 1 rings (SSSR count). The minimum atomic E-state index is -0.151. The highest BCUT2D eigenvalue weighted by Gasteiger charge is 2.09. The minimum absolute atomic E-state index is 0.0839. The monoisotopic (exact) mass is 269 g/mol. The van der Waals surface area contributed by atoms with Crippen molar-refractivity contribution < 1.29 is 14.3 Å². The minimum Gasteiger partial charge on any atom is -0.383 e. The molecule has 1 amide bonds. The van der Waals surface area contributed by atoms with E-state index in [4.69, 9.17) is 16.3 Å². The van der Waals surface area contributed by atoms with Gasteiger partial charge in [0.2, 0.25) is 5.91 Å². The summed E-state index contributed by atoms with van der Waals surface area (Å²) < 4.78 is 4.80. The number of methoxy groups -OCH3 is 1. The topological polar surface area (TPSA) is 55.4 Å². The van der Waals surface area contributed by atoms with Crippen LogP contribution in [0.3, 0.4) is 0 Å². The Morgan fingerprint density at radius 3 is 2.78 bits per heavy atom. The van der Waals surface area contributed by atoms with Crippen molar-refractivity contribution in [2.45, 2.75) is 12.8 Å². The van der Waals surface area contributed by atoms with Crippen molar-refractivity contribution in [1.29, 1.82) is 0 Å². The number of benzene rings is 1. The van der Waals surface area contributed by atoms with Crippen LogP contribution in [-0.4, -0.2) is 32.0 Å². The maximum absolute atomic E-state index is 11.8. The molecule has 1 aromatic carbocycles. The Hall–Kier alpha value is -1.39. The number of carbonyl (C=O) groups excluding carboxylic acids is 2. The van der Waals surface area contributed by atoms with Gasteiger partial charge < -0.3 is 10.1 Å². The van der Waals surface area contributed by atoms with Crippen LogP contribution < -0.4 is 5.32 Å². The molecular weight excluding hydrogens is 254 g/mol. The molecule has 18 heavy (non-hydrogen) atoms. The molecule has 0 bridgehead atoms. The molecule has 0 heterocycles. The molecule has 0 atom stereocenters. The molecular formula is C13H16ClNO3. The van der Waals surface area contributed by atoms with E-state index in [0.717, 1.165) is 0 Å². The number of nitrogens with one attached hydrogen (secondary N) is 1. The van der Waals surface area contributed by atoms with Crippen LogP contribution in [0, 0.1) is 0 Å². The molecule has 0 aliphatic carbocycles. The lowest BCUT2D eigenvalue weighted by molar-refractivity contribution is -0.121. The fourth-order valence-electron chi connectivity index (χ4n) is 1.41. The lowest BCUT2D eigenvalue weighted by Gasteiger charge is -2.04. The predicted molar refractivity (Wildman–Crippen MR) is 69.9 cm³/mol. The van der Waals surface area contributed by atoms with E-state index in [0.29, 0.717) is 23.7 Å². The van der Waals surface area contributed by atoms with Gasteiger partial charge in [-0.05, 0) is 12.1 Å². The second-order valence-corrected chi connectivity index (χ2v) is 4.21. The third kappa shape index (κ3) is 5.29. The maximum Gasteiger partial charge on any atom is 0.220 e. The highest BCUT2D eigenvalue weighted by Crippen LogP contribution is 2.12. The van der Waals surface area contributed by atoms with E-state index in [1.54, 1.807) is 31.4 Å². The molecule has 0 spiro atoms. The van der Waals surface area contributed by atoms with Crippen molar-refractivity contribution in [3.8, 4) is 0 Å². The maximum atomic E-state index is 11.8. The molecule has 0 aliphatic heterocycles. The largest absolute Gasteiger partial charge is 0.383 e. The standard InChI is InChI=1S/C13H16ClNO3/c1-18-8-7-15-13(17)6-5-12(16)10-3-2-4-11(14)9-10/h2-4,9H,5-8H2,1H3,(H,15,17). The number of rotatable bonds is 7. The van der Waals surface area contributed by atoms with E-state index in [1.165, 1.54) is 0 Å². The van der Waals surface area contributed by atoms with Crippen LogP contribution in [0.15, 0.2) is 24.3 Å². The molecule has 0 aliphatic rings. The van der Waals surface area contributed by atoms with Crippen LogP contribution in [0.1, 0.15) is 23.2 Å². The lowest BCUT2D eigenvalue weighted by Crippen LogP contribution is -2.27. The average Bonchev–Trinajstić information content (AvgIpc) is 2.36. The summed E-state index contributed by atoms with van der Waals surface area (Å²) in [5, 5.41) is 3.18. The Kier molecular flexibility index (Phi) is 6.39. The molecule has 1 aromatic rings. The van der Waals surface area contributed by atoms with Crippen LogP contribution >= 0.6 is 11.6 Å². The second kappa shape index (κ2) is 7.84. The molecule has 98 valence electrons. The zero-order valence-electron chi connectivity index (χ0n) is 10.2. The lowest BCUT2D eigenvalue weighted by atomic mass is 10.1. The van der Waals surface area contributed by atoms with E-state index in [-0.39, 0.29) is 24.5 Å². The fourth-order valence-corrected chi connectivity index (χ4v) is 1.60. The number of hydrogen-bond acceptors (Lipinski definition) is 3. The first-order valence-corrected chi connectivity index (χ1v) is 6.05. The van der Waals surface area contributed by atoms with Gasteiger partial charge in [0.15, 0.2) is 5.78 Å². The first-order chi connectivity index (χ1) is 8.63. The number of hydrogen-bond donors (Lipinski definition) is 1. The van der Waals surface area contributed by atoms with Crippen molar-refractivity contribution in [3.63, 3.8) is 0 Å². The SMILES string of the molecule is COCCNC(=O)CCC(=O)c1cccc(Cl)c1. The molecule has 0 saturated carbocycles. The van der Waals surface area contributed by atoms with Gasteiger partial charge in [-0.15, -0.1) is 0 Å². The number of Topliss-reactive ketones (excluding diaryl/α,β-unsaturated/α-hetero) is 1. The molecule has 0 unspecified atom stereocenters. The van der Waals surface area contributed by atoms with E-state index in [1.807, 2.05) is 0 Å². The molecule has 0 fully saturated rings. The normalized spacial score (nSPS) is 10.1. The highest BCUT2D eigenvalue weighted by molar-refractivity contribution is 6.31. The van der Waals surface area contributed by atoms with Gasteiger partial charge in [0, 0.05) is 37.1 Å². The first-order valence-electron chi connectivity index (χ1n) is 5.68. The molecule has 0 aromatic heterocycles. The molecule has 0 radical (unpaired) electrons. The summed E-state index contributed by atoms with van der Waals surface area (Å²) in [6, 6.07) is 6.72. The van der Waals surface area contributed by atoms with E-state index in [2.05, 4.69) is 5.32 Å². The van der Waals surface area contributed by atoms with Gasteiger partial charge in [0.25, 0.3) is 0 Å². The van der Waals surface area contributed by atoms with Gasteiger partial charge >= 0.3 is 0 Å². The van der Waals surface area contributed by atoms with Crippen LogP contribution in [0.5, 0.6) is 0 Å². The summed E-state index contributed by atoms with van der Waals surface area (Å²) >= 11 is 5.79. The van der Waals surface area contributed by atoms with Crippen LogP contribution in [-0.2, 0) is 9.53 Å². The summed E-state index contributed by atoms with van der Waals surface area (Å²) in [7, 11) is 1.56. The summed E-state index contributed by atoms with van der Waals surface area (Å²) in [5.41, 5.74) is 0.534. The molecule has 0 saturated heterocycles.